The first-order valence-electron chi connectivity index (χ1n) is 5.02. The SMILES string of the molecule is CC1NC2(CCCC2)SC1(C)C. The summed E-state index contributed by atoms with van der Waals surface area (Å²) in [6.45, 7) is 7.05. The van der Waals surface area contributed by atoms with E-state index in [1.54, 1.807) is 0 Å². The molecule has 12 heavy (non-hydrogen) atoms. The van der Waals surface area contributed by atoms with Crippen LogP contribution in [0.25, 0.3) is 0 Å². The van der Waals surface area contributed by atoms with Crippen molar-refractivity contribution in [2.24, 2.45) is 0 Å². The maximum atomic E-state index is 3.78. The third-order valence-corrected chi connectivity index (χ3v) is 5.19. The van der Waals surface area contributed by atoms with E-state index in [9.17, 15) is 0 Å². The van der Waals surface area contributed by atoms with Crippen LogP contribution < -0.4 is 5.32 Å². The van der Waals surface area contributed by atoms with Crippen LogP contribution in [0.2, 0.25) is 0 Å². The molecule has 0 bridgehead atoms. The van der Waals surface area contributed by atoms with Gasteiger partial charge in [0.05, 0.1) is 4.87 Å². The maximum absolute atomic E-state index is 3.78. The van der Waals surface area contributed by atoms with Gasteiger partial charge in [-0.25, -0.2) is 0 Å². The molecular formula is C10H19NS. The molecule has 1 saturated heterocycles. The van der Waals surface area contributed by atoms with Gasteiger partial charge in [0, 0.05) is 10.8 Å². The molecule has 0 aromatic heterocycles. The Labute approximate surface area is 79.7 Å². The standard InChI is InChI=1S/C10H19NS/c1-8-9(2,3)12-10(11-8)6-4-5-7-10/h8,11H,4-7H2,1-3H3. The molecular weight excluding hydrogens is 166 g/mol. The molecule has 0 aromatic rings. The Morgan fingerprint density at radius 2 is 1.83 bits per heavy atom. The Bertz CT molecular complexity index is 182. The van der Waals surface area contributed by atoms with Crippen LogP contribution in [0.5, 0.6) is 0 Å². The number of hydrogen-bond acceptors (Lipinski definition) is 2. The van der Waals surface area contributed by atoms with E-state index in [4.69, 9.17) is 0 Å². The summed E-state index contributed by atoms with van der Waals surface area (Å²) in [6.07, 6.45) is 5.60. The lowest BCUT2D eigenvalue weighted by atomic mass is 10.0. The van der Waals surface area contributed by atoms with Gasteiger partial charge in [-0.2, -0.15) is 0 Å². The first-order chi connectivity index (χ1) is 5.54. The minimum absolute atomic E-state index is 0.435. The minimum Gasteiger partial charge on any atom is -0.299 e. The van der Waals surface area contributed by atoms with Gasteiger partial charge in [0.15, 0.2) is 0 Å². The van der Waals surface area contributed by atoms with Gasteiger partial charge in [0.25, 0.3) is 0 Å². The maximum Gasteiger partial charge on any atom is 0.0653 e. The molecule has 0 amide bonds. The molecule has 1 atom stereocenters. The summed E-state index contributed by atoms with van der Waals surface area (Å²) >= 11 is 2.17. The zero-order valence-corrected chi connectivity index (χ0v) is 9.13. The molecule has 1 unspecified atom stereocenters. The molecule has 2 fully saturated rings. The molecule has 2 aliphatic rings. The topological polar surface area (TPSA) is 12.0 Å². The highest BCUT2D eigenvalue weighted by Crippen LogP contribution is 2.51. The van der Waals surface area contributed by atoms with Crippen molar-refractivity contribution in [2.45, 2.75) is 62.1 Å². The molecule has 1 nitrogen and oxygen atoms in total. The van der Waals surface area contributed by atoms with Crippen molar-refractivity contribution < 1.29 is 0 Å². The average molecular weight is 185 g/mol. The summed E-state index contributed by atoms with van der Waals surface area (Å²) in [5, 5.41) is 3.78. The molecule has 1 saturated carbocycles. The van der Waals surface area contributed by atoms with Gasteiger partial charge in [-0.3, -0.25) is 5.32 Å². The van der Waals surface area contributed by atoms with Crippen molar-refractivity contribution in [3.8, 4) is 0 Å². The lowest BCUT2D eigenvalue weighted by Crippen LogP contribution is -2.40. The van der Waals surface area contributed by atoms with E-state index in [0.29, 0.717) is 15.7 Å². The van der Waals surface area contributed by atoms with Gasteiger partial charge in [0.1, 0.15) is 0 Å². The highest BCUT2D eigenvalue weighted by molar-refractivity contribution is 8.02. The van der Waals surface area contributed by atoms with Gasteiger partial charge in [-0.15, -0.1) is 11.8 Å². The van der Waals surface area contributed by atoms with Crippen LogP contribution >= 0.6 is 11.8 Å². The number of thioether (sulfide) groups is 1. The Morgan fingerprint density at radius 1 is 1.25 bits per heavy atom. The Morgan fingerprint density at radius 3 is 2.25 bits per heavy atom. The van der Waals surface area contributed by atoms with Gasteiger partial charge in [-0.05, 0) is 33.6 Å². The fraction of sp³-hybridized carbons (Fsp3) is 1.00. The lowest BCUT2D eigenvalue weighted by molar-refractivity contribution is 0.416. The second kappa shape index (κ2) is 2.65. The van der Waals surface area contributed by atoms with Crippen molar-refractivity contribution >= 4 is 11.8 Å². The average Bonchev–Trinajstić information content (AvgIpc) is 2.42. The third-order valence-electron chi connectivity index (χ3n) is 3.39. The van der Waals surface area contributed by atoms with E-state index in [0.717, 1.165) is 0 Å². The molecule has 70 valence electrons. The highest BCUT2D eigenvalue weighted by Gasteiger charge is 2.49. The van der Waals surface area contributed by atoms with Crippen molar-refractivity contribution in [1.82, 2.24) is 5.32 Å². The molecule has 1 aliphatic carbocycles. The van der Waals surface area contributed by atoms with Crippen molar-refractivity contribution in [3.63, 3.8) is 0 Å². The molecule has 1 heterocycles. The second-order valence-electron chi connectivity index (χ2n) is 4.77. The fourth-order valence-corrected chi connectivity index (χ4v) is 4.35. The molecule has 1 N–H and O–H groups in total. The number of nitrogens with one attached hydrogen (secondary N) is 1. The van der Waals surface area contributed by atoms with Crippen molar-refractivity contribution in [3.05, 3.63) is 0 Å². The summed E-state index contributed by atoms with van der Waals surface area (Å²) in [5.41, 5.74) is 0. The first kappa shape index (κ1) is 8.89. The van der Waals surface area contributed by atoms with Crippen molar-refractivity contribution in [1.29, 1.82) is 0 Å². The number of rotatable bonds is 0. The molecule has 1 aliphatic heterocycles. The van der Waals surface area contributed by atoms with Crippen molar-refractivity contribution in [2.75, 3.05) is 0 Å². The predicted molar refractivity (Wildman–Crippen MR) is 55.5 cm³/mol. The van der Waals surface area contributed by atoms with E-state index >= 15 is 0 Å². The molecule has 2 rings (SSSR count). The van der Waals surface area contributed by atoms with E-state index < -0.39 is 0 Å². The fourth-order valence-electron chi connectivity index (χ4n) is 2.38. The first-order valence-corrected chi connectivity index (χ1v) is 5.84. The largest absolute Gasteiger partial charge is 0.299 e. The van der Waals surface area contributed by atoms with Gasteiger partial charge in [0.2, 0.25) is 0 Å². The van der Waals surface area contributed by atoms with Crippen LogP contribution in [0.3, 0.4) is 0 Å². The Balaban J connectivity index is 2.14. The van der Waals surface area contributed by atoms with E-state index in [1.165, 1.54) is 25.7 Å². The summed E-state index contributed by atoms with van der Waals surface area (Å²) in [5.74, 6) is 0. The van der Waals surface area contributed by atoms with E-state index in [2.05, 4.69) is 37.8 Å². The number of hydrogen-bond donors (Lipinski definition) is 1. The van der Waals surface area contributed by atoms with Gasteiger partial charge in [-0.1, -0.05) is 12.8 Å². The normalized spacial score (nSPS) is 37.8. The summed E-state index contributed by atoms with van der Waals surface area (Å²) in [6, 6.07) is 0.667. The van der Waals surface area contributed by atoms with Gasteiger partial charge >= 0.3 is 0 Å². The van der Waals surface area contributed by atoms with Crippen LogP contribution in [0.15, 0.2) is 0 Å². The van der Waals surface area contributed by atoms with Gasteiger partial charge < -0.3 is 0 Å². The van der Waals surface area contributed by atoms with Crippen LogP contribution in [-0.4, -0.2) is 15.7 Å². The highest BCUT2D eigenvalue weighted by atomic mass is 32.2. The molecule has 0 aromatic carbocycles. The Kier molecular flexibility index (Phi) is 1.96. The van der Waals surface area contributed by atoms with Crippen LogP contribution in [0.1, 0.15) is 46.5 Å². The monoisotopic (exact) mass is 185 g/mol. The van der Waals surface area contributed by atoms with E-state index in [-0.39, 0.29) is 0 Å². The minimum atomic E-state index is 0.435. The molecule has 0 radical (unpaired) electrons. The molecule has 1 spiro atoms. The zero-order valence-electron chi connectivity index (χ0n) is 8.31. The summed E-state index contributed by atoms with van der Waals surface area (Å²) in [7, 11) is 0. The van der Waals surface area contributed by atoms with Crippen LogP contribution in [0.4, 0.5) is 0 Å². The van der Waals surface area contributed by atoms with Crippen LogP contribution in [0, 0.1) is 0 Å². The Hall–Kier alpha value is 0.310. The quantitative estimate of drug-likeness (QED) is 0.623. The summed E-state index contributed by atoms with van der Waals surface area (Å²) in [4.78, 5) is 0.461. The summed E-state index contributed by atoms with van der Waals surface area (Å²) < 4.78 is 0.435. The predicted octanol–water partition coefficient (Wildman–Crippen LogP) is 2.76. The third kappa shape index (κ3) is 1.29. The van der Waals surface area contributed by atoms with E-state index in [1.807, 2.05) is 0 Å². The smallest absolute Gasteiger partial charge is 0.0653 e. The molecule has 2 heteroatoms. The lowest BCUT2D eigenvalue weighted by Gasteiger charge is -2.24. The zero-order chi connectivity index (χ0) is 8.82. The van der Waals surface area contributed by atoms with Crippen LogP contribution in [-0.2, 0) is 0 Å². The second-order valence-corrected chi connectivity index (χ2v) is 6.81.